The van der Waals surface area contributed by atoms with Crippen LogP contribution in [-0.2, 0) is 23.0 Å². The Balaban J connectivity index is 1.73. The van der Waals surface area contributed by atoms with E-state index in [0.717, 1.165) is 22.6 Å². The second-order valence-corrected chi connectivity index (χ2v) is 8.19. The van der Waals surface area contributed by atoms with Crippen molar-refractivity contribution in [3.8, 4) is 0 Å². The van der Waals surface area contributed by atoms with Crippen LogP contribution in [0.2, 0.25) is 0 Å². The van der Waals surface area contributed by atoms with Gasteiger partial charge in [-0.2, -0.15) is 9.40 Å². The minimum Gasteiger partial charge on any atom is -0.237 e. The number of halogens is 1. The summed E-state index contributed by atoms with van der Waals surface area (Å²) in [5, 5.41) is 4.44. The average molecular weight is 360 g/mol. The van der Waals surface area contributed by atoms with Gasteiger partial charge in [0.25, 0.3) is 0 Å². The zero-order valence-electron chi connectivity index (χ0n) is 13.9. The van der Waals surface area contributed by atoms with E-state index in [9.17, 15) is 12.8 Å². The Morgan fingerprint density at radius 1 is 1.20 bits per heavy atom. The first-order valence-corrected chi connectivity index (χ1v) is 9.40. The van der Waals surface area contributed by atoms with Crippen molar-refractivity contribution in [3.63, 3.8) is 0 Å². The van der Waals surface area contributed by atoms with E-state index in [2.05, 4.69) is 10.1 Å². The van der Waals surface area contributed by atoms with Crippen molar-refractivity contribution in [2.24, 2.45) is 0 Å². The van der Waals surface area contributed by atoms with Gasteiger partial charge in [-0.25, -0.2) is 22.3 Å². The molecule has 1 aliphatic heterocycles. The molecular formula is C17H17FN4O2S. The quantitative estimate of drug-likeness (QED) is 0.703. The van der Waals surface area contributed by atoms with Crippen molar-refractivity contribution >= 4 is 15.7 Å². The minimum atomic E-state index is -3.69. The second kappa shape index (κ2) is 5.60. The average Bonchev–Trinajstić information content (AvgIpc) is 2.94. The zero-order valence-corrected chi connectivity index (χ0v) is 14.7. The van der Waals surface area contributed by atoms with E-state index in [1.807, 2.05) is 13.0 Å². The van der Waals surface area contributed by atoms with Crippen LogP contribution in [0.15, 0.2) is 35.4 Å². The lowest BCUT2D eigenvalue weighted by molar-refractivity contribution is 0.383. The van der Waals surface area contributed by atoms with Crippen LogP contribution in [0.4, 0.5) is 4.39 Å². The number of fused-ring (bicyclic) bond motifs is 3. The molecular weight excluding hydrogens is 343 g/mol. The molecule has 130 valence electrons. The molecule has 0 fully saturated rings. The van der Waals surface area contributed by atoms with Crippen LogP contribution in [0.5, 0.6) is 0 Å². The molecule has 1 aliphatic rings. The van der Waals surface area contributed by atoms with E-state index in [0.29, 0.717) is 18.5 Å². The summed E-state index contributed by atoms with van der Waals surface area (Å²) in [7, 11) is -3.69. The highest BCUT2D eigenvalue weighted by Gasteiger charge is 2.31. The predicted molar refractivity (Wildman–Crippen MR) is 90.2 cm³/mol. The molecule has 6 nitrogen and oxygen atoms in total. The maximum Gasteiger partial charge on any atom is 0.243 e. The lowest BCUT2D eigenvalue weighted by atomic mass is 10.1. The van der Waals surface area contributed by atoms with Crippen LogP contribution in [-0.4, -0.2) is 33.9 Å². The number of benzene rings is 1. The number of nitrogens with zero attached hydrogens (tertiary/aromatic N) is 4. The normalized spacial score (nSPS) is 15.5. The van der Waals surface area contributed by atoms with E-state index in [-0.39, 0.29) is 11.4 Å². The van der Waals surface area contributed by atoms with Gasteiger partial charge in [0, 0.05) is 37.3 Å². The number of aryl methyl sites for hydroxylation is 2. The number of rotatable bonds is 2. The topological polar surface area (TPSA) is 67.6 Å². The summed E-state index contributed by atoms with van der Waals surface area (Å²) >= 11 is 0. The van der Waals surface area contributed by atoms with Gasteiger partial charge in [0.1, 0.15) is 5.82 Å². The third-order valence-corrected chi connectivity index (χ3v) is 6.50. The lowest BCUT2D eigenvalue weighted by Gasteiger charge is -2.28. The molecule has 8 heteroatoms. The standard InChI is InChI=1S/C17H17FN4O2S/c1-11-7-14(18)3-4-16(11)25(23,24)21-6-5-15-13(10-21)9-19-17-8-12(2)20-22(15)17/h3-4,7-9H,5-6,10H2,1-2H3. The maximum absolute atomic E-state index is 13.3. The predicted octanol–water partition coefficient (Wildman–Crippen LogP) is 2.23. The summed E-state index contributed by atoms with van der Waals surface area (Å²) in [5.41, 5.74) is 3.87. The number of sulfonamides is 1. The van der Waals surface area contributed by atoms with Crippen LogP contribution in [0.1, 0.15) is 22.5 Å². The van der Waals surface area contributed by atoms with Gasteiger partial charge < -0.3 is 0 Å². The number of aromatic nitrogens is 3. The Kier molecular flexibility index (Phi) is 3.62. The van der Waals surface area contributed by atoms with Crippen molar-refractivity contribution in [2.75, 3.05) is 6.54 Å². The van der Waals surface area contributed by atoms with Gasteiger partial charge in [0.05, 0.1) is 16.3 Å². The molecule has 0 aliphatic carbocycles. The molecule has 0 radical (unpaired) electrons. The number of hydrogen-bond acceptors (Lipinski definition) is 4. The molecule has 1 aromatic carbocycles. The van der Waals surface area contributed by atoms with E-state index in [1.165, 1.54) is 22.5 Å². The highest BCUT2D eigenvalue weighted by atomic mass is 32.2. The molecule has 0 atom stereocenters. The zero-order chi connectivity index (χ0) is 17.8. The fourth-order valence-corrected chi connectivity index (χ4v) is 4.90. The van der Waals surface area contributed by atoms with E-state index >= 15 is 0 Å². The molecule has 4 rings (SSSR count). The Morgan fingerprint density at radius 3 is 2.76 bits per heavy atom. The van der Waals surface area contributed by atoms with Gasteiger partial charge in [0.15, 0.2) is 5.65 Å². The van der Waals surface area contributed by atoms with E-state index in [1.54, 1.807) is 17.6 Å². The minimum absolute atomic E-state index is 0.140. The van der Waals surface area contributed by atoms with Gasteiger partial charge in [0.2, 0.25) is 10.0 Å². The maximum atomic E-state index is 13.3. The van der Waals surface area contributed by atoms with Crippen LogP contribution >= 0.6 is 0 Å². The summed E-state index contributed by atoms with van der Waals surface area (Å²) in [5.74, 6) is -0.443. The van der Waals surface area contributed by atoms with E-state index < -0.39 is 15.8 Å². The molecule has 3 aromatic rings. The van der Waals surface area contributed by atoms with Crippen LogP contribution in [0.25, 0.3) is 5.65 Å². The first-order chi connectivity index (χ1) is 11.9. The smallest absolute Gasteiger partial charge is 0.237 e. The lowest BCUT2D eigenvalue weighted by Crippen LogP contribution is -2.37. The molecule has 0 N–H and O–H groups in total. The molecule has 25 heavy (non-hydrogen) atoms. The molecule has 0 unspecified atom stereocenters. The highest BCUT2D eigenvalue weighted by Crippen LogP contribution is 2.27. The van der Waals surface area contributed by atoms with Crippen molar-refractivity contribution in [1.82, 2.24) is 18.9 Å². The molecule has 2 aromatic heterocycles. The second-order valence-electron chi connectivity index (χ2n) is 6.28. The highest BCUT2D eigenvalue weighted by molar-refractivity contribution is 7.89. The summed E-state index contributed by atoms with van der Waals surface area (Å²) in [6, 6.07) is 5.64. The fraction of sp³-hybridized carbons (Fsp3) is 0.294. The third kappa shape index (κ3) is 2.61. The molecule has 3 heterocycles. The number of hydrogen-bond donors (Lipinski definition) is 0. The van der Waals surface area contributed by atoms with Crippen LogP contribution < -0.4 is 0 Å². The van der Waals surface area contributed by atoms with Gasteiger partial charge >= 0.3 is 0 Å². The molecule has 0 saturated heterocycles. The molecule has 0 saturated carbocycles. The van der Waals surface area contributed by atoms with Crippen molar-refractivity contribution in [1.29, 1.82) is 0 Å². The summed E-state index contributed by atoms with van der Waals surface area (Å²) in [6.45, 7) is 4.09. The molecule has 0 bridgehead atoms. The Bertz CT molecular complexity index is 1090. The Morgan fingerprint density at radius 2 is 2.00 bits per heavy atom. The van der Waals surface area contributed by atoms with Crippen LogP contribution in [0, 0.1) is 19.7 Å². The Hall–Kier alpha value is -2.32. The van der Waals surface area contributed by atoms with Gasteiger partial charge in [-0.15, -0.1) is 0 Å². The summed E-state index contributed by atoms with van der Waals surface area (Å²) in [6.07, 6.45) is 2.26. The largest absolute Gasteiger partial charge is 0.243 e. The van der Waals surface area contributed by atoms with Crippen molar-refractivity contribution in [2.45, 2.75) is 31.7 Å². The Labute approximate surface area is 145 Å². The van der Waals surface area contributed by atoms with Crippen molar-refractivity contribution in [3.05, 3.63) is 58.8 Å². The summed E-state index contributed by atoms with van der Waals surface area (Å²) < 4.78 is 42.4. The molecule has 0 amide bonds. The summed E-state index contributed by atoms with van der Waals surface area (Å²) in [4.78, 5) is 4.50. The van der Waals surface area contributed by atoms with Gasteiger partial charge in [-0.05, 0) is 37.6 Å². The monoisotopic (exact) mass is 360 g/mol. The third-order valence-electron chi connectivity index (χ3n) is 4.49. The SMILES string of the molecule is Cc1cc2ncc3c(n2n1)CCN(S(=O)(=O)c1ccc(F)cc1C)C3. The van der Waals surface area contributed by atoms with Crippen molar-refractivity contribution < 1.29 is 12.8 Å². The van der Waals surface area contributed by atoms with Gasteiger partial charge in [-0.1, -0.05) is 0 Å². The fourth-order valence-electron chi connectivity index (χ4n) is 3.28. The molecule has 0 spiro atoms. The van der Waals surface area contributed by atoms with Crippen LogP contribution in [0.3, 0.4) is 0 Å². The van der Waals surface area contributed by atoms with Gasteiger partial charge in [-0.3, -0.25) is 0 Å². The first-order valence-electron chi connectivity index (χ1n) is 7.96. The van der Waals surface area contributed by atoms with E-state index in [4.69, 9.17) is 0 Å². The first kappa shape index (κ1) is 16.2.